The average molecular weight is 1060 g/mol. The van der Waals surface area contributed by atoms with Crippen molar-refractivity contribution in [2.45, 2.75) is 134 Å². The third kappa shape index (κ3) is 15.9. The number of hydrogen-bond donors (Lipinski definition) is 9. The number of amides is 7. The molecule has 13 atom stereocenters. The number of carbonyl (C=O) groups excluding carboxylic acids is 9. The number of nitrogens with zero attached hydrogens (tertiary/aromatic N) is 1. The van der Waals surface area contributed by atoms with Gasteiger partial charge in [-0.15, -0.1) is 11.6 Å². The van der Waals surface area contributed by atoms with Gasteiger partial charge in [0.15, 0.2) is 6.04 Å². The molecule has 1 saturated heterocycles. The van der Waals surface area contributed by atoms with Gasteiger partial charge in [0.25, 0.3) is 0 Å². The van der Waals surface area contributed by atoms with Gasteiger partial charge in [-0.2, -0.15) is 0 Å². The van der Waals surface area contributed by atoms with Gasteiger partial charge in [0.2, 0.25) is 41.4 Å². The third-order valence-electron chi connectivity index (χ3n) is 13.1. The lowest BCUT2D eigenvalue weighted by atomic mass is 9.93. The topological polar surface area (TPSA) is 317 Å². The van der Waals surface area contributed by atoms with Gasteiger partial charge in [-0.1, -0.05) is 83.5 Å². The number of alkyl halides is 1. The van der Waals surface area contributed by atoms with Crippen LogP contribution in [-0.2, 0) is 59.0 Å². The van der Waals surface area contributed by atoms with Gasteiger partial charge in [-0.3, -0.25) is 38.4 Å². The van der Waals surface area contributed by atoms with Crippen LogP contribution in [0.5, 0.6) is 5.75 Å². The second kappa shape index (κ2) is 27.1. The van der Waals surface area contributed by atoms with E-state index in [-0.39, 0.29) is 24.2 Å². The summed E-state index contributed by atoms with van der Waals surface area (Å²) in [4.78, 5) is 128. The highest BCUT2D eigenvalue weighted by Gasteiger charge is 2.42. The zero-order valence-electron chi connectivity index (χ0n) is 43.0. The SMILES string of the molecule is CC[C@@H](C)[C@@H]1NC(=O)[C@H](NC(=O)[C@@H](C)[C@@H](O)C(C)C)[C@H](C)OC(=O)[C@H]2COC(=O)CNC(=O)/C=C/[C@@](O)(CCl)[C@H](C)Oc3ccc(cc3)[C@@H](NC1=O)C(=O)N(C)[C@H](Cc1ccccc1)C(=O)N[C@@H]([C@H](C)O)C(=O)N2. The van der Waals surface area contributed by atoms with E-state index in [4.69, 9.17) is 25.8 Å². The maximum atomic E-state index is 15.2. The van der Waals surface area contributed by atoms with Crippen LogP contribution in [0.15, 0.2) is 66.7 Å². The number of likely N-dealkylation sites (N-methyl/N-ethyl adjacent to an activating group) is 1. The number of benzene rings is 2. The highest BCUT2D eigenvalue weighted by Crippen LogP contribution is 2.26. The van der Waals surface area contributed by atoms with Gasteiger partial charge in [-0.05, 0) is 61.9 Å². The highest BCUT2D eigenvalue weighted by atomic mass is 35.5. The van der Waals surface area contributed by atoms with Gasteiger partial charge in [0.05, 0.1) is 24.0 Å². The number of hydrogen-bond acceptors (Lipinski definition) is 15. The molecule has 3 aliphatic heterocycles. The monoisotopic (exact) mass is 1060 g/mol. The number of nitrogens with one attached hydrogen (secondary N) is 6. The number of cyclic esters (lactones) is 1. The molecular formula is C51H70ClN7O15. The first-order valence-corrected chi connectivity index (χ1v) is 24.9. The van der Waals surface area contributed by atoms with Crippen LogP contribution in [0.25, 0.3) is 0 Å². The van der Waals surface area contributed by atoms with E-state index in [9.17, 15) is 53.7 Å². The van der Waals surface area contributed by atoms with Crippen molar-refractivity contribution in [3.8, 4) is 5.75 Å². The van der Waals surface area contributed by atoms with Crippen molar-refractivity contribution in [3.05, 3.63) is 77.9 Å². The zero-order chi connectivity index (χ0) is 55.2. The minimum Gasteiger partial charge on any atom is -0.487 e. The van der Waals surface area contributed by atoms with Crippen molar-refractivity contribution >= 4 is 64.9 Å². The number of carbonyl (C=O) groups is 9. The zero-order valence-corrected chi connectivity index (χ0v) is 43.7. The largest absolute Gasteiger partial charge is 0.487 e. The molecule has 0 aromatic heterocycles. The third-order valence-corrected chi connectivity index (χ3v) is 13.6. The van der Waals surface area contributed by atoms with Crippen molar-refractivity contribution in [2.24, 2.45) is 17.8 Å². The number of aliphatic hydroxyl groups excluding tert-OH is 2. The molecule has 5 rings (SSSR count). The molecule has 3 aliphatic rings. The minimum absolute atomic E-state index is 0.133. The second-order valence-corrected chi connectivity index (χ2v) is 19.4. The number of fused-ring (bicyclic) bond motifs is 11. The maximum Gasteiger partial charge on any atom is 0.332 e. The molecule has 406 valence electrons. The molecule has 1 fully saturated rings. The summed E-state index contributed by atoms with van der Waals surface area (Å²) in [5, 5.41) is 48.3. The van der Waals surface area contributed by atoms with Crippen molar-refractivity contribution in [1.82, 2.24) is 36.8 Å². The molecule has 0 radical (unpaired) electrons. The van der Waals surface area contributed by atoms with Gasteiger partial charge >= 0.3 is 11.9 Å². The van der Waals surface area contributed by atoms with E-state index in [0.29, 0.717) is 5.56 Å². The molecule has 9 N–H and O–H groups in total. The Morgan fingerprint density at radius 1 is 0.838 bits per heavy atom. The van der Waals surface area contributed by atoms with Crippen molar-refractivity contribution in [1.29, 1.82) is 0 Å². The van der Waals surface area contributed by atoms with E-state index in [1.807, 2.05) is 0 Å². The molecule has 4 bridgehead atoms. The van der Waals surface area contributed by atoms with E-state index in [0.717, 1.165) is 24.0 Å². The van der Waals surface area contributed by atoms with Crippen molar-refractivity contribution in [2.75, 3.05) is 26.1 Å². The summed E-state index contributed by atoms with van der Waals surface area (Å²) < 4.78 is 17.0. The Morgan fingerprint density at radius 2 is 1.46 bits per heavy atom. The van der Waals surface area contributed by atoms with Crippen LogP contribution in [0.2, 0.25) is 0 Å². The van der Waals surface area contributed by atoms with Crippen molar-refractivity contribution in [3.63, 3.8) is 0 Å². The number of rotatable bonds is 10. The standard InChI is InChI=1S/C51H70ClN7O15/c1-10-27(4)39-46(66)58-42-33-16-18-34(19-17-33)74-31(8)51(71,25-52)21-20-37(61)53-23-38(62)72-24-35(50(70)73-30(7)41(48(68)55-39)57-44(64)28(5)43(63)26(2)3)54-47(67)40(29(6)60)56-45(65)36(59(9)49(42)69)22-32-14-12-11-13-15-32/h11-21,26-31,35-36,39-43,60,63,71H,10,22-25H2,1-9H3,(H,53,61)(H,54,67)(H,55,68)(H,56,65)(H,57,64)(H,58,66)/b21-20+/t27-,28+,29+,30+,31+,35-,36-,39+,40+,41-,42-,43+,51-/m1/s1. The van der Waals surface area contributed by atoms with E-state index >= 15 is 4.79 Å². The maximum absolute atomic E-state index is 15.2. The summed E-state index contributed by atoms with van der Waals surface area (Å²) in [5.41, 5.74) is -1.28. The van der Waals surface area contributed by atoms with Gasteiger partial charge in [0.1, 0.15) is 66.9 Å². The average Bonchev–Trinajstić information content (AvgIpc) is 3.37. The Balaban J connectivity index is 2.03. The van der Waals surface area contributed by atoms with Crippen LogP contribution >= 0.6 is 11.6 Å². The number of aliphatic hydroxyl groups is 3. The first-order valence-electron chi connectivity index (χ1n) is 24.4. The molecule has 3 heterocycles. The molecule has 0 spiro atoms. The Labute approximate surface area is 435 Å². The van der Waals surface area contributed by atoms with Crippen LogP contribution in [-0.4, -0.2) is 160 Å². The Kier molecular flexibility index (Phi) is 21.9. The number of halogens is 1. The predicted octanol–water partition coefficient (Wildman–Crippen LogP) is -0.156. The Hall–Kier alpha value is -6.62. The molecule has 2 aromatic rings. The summed E-state index contributed by atoms with van der Waals surface area (Å²) in [6, 6.07) is 4.00. The summed E-state index contributed by atoms with van der Waals surface area (Å²) >= 11 is 6.17. The molecule has 0 unspecified atom stereocenters. The van der Waals surface area contributed by atoms with Gasteiger partial charge < -0.3 is 66.3 Å². The van der Waals surface area contributed by atoms with E-state index in [1.165, 1.54) is 52.1 Å². The smallest absolute Gasteiger partial charge is 0.332 e. The molecule has 2 aromatic carbocycles. The lowest BCUT2D eigenvalue weighted by Gasteiger charge is -2.34. The quantitative estimate of drug-likeness (QED) is 0.110. The molecule has 0 saturated carbocycles. The fourth-order valence-corrected chi connectivity index (χ4v) is 8.20. The molecular weight excluding hydrogens is 986 g/mol. The lowest BCUT2D eigenvalue weighted by Crippen LogP contribution is -2.61. The summed E-state index contributed by atoms with van der Waals surface area (Å²) in [6.45, 7) is 10.2. The summed E-state index contributed by atoms with van der Waals surface area (Å²) in [7, 11) is 1.29. The summed E-state index contributed by atoms with van der Waals surface area (Å²) in [5.74, 6) is -11.8. The van der Waals surface area contributed by atoms with E-state index in [1.54, 1.807) is 58.0 Å². The molecule has 7 amide bonds. The predicted molar refractivity (Wildman–Crippen MR) is 267 cm³/mol. The Bertz CT molecular complexity index is 2360. The summed E-state index contributed by atoms with van der Waals surface area (Å²) in [6.07, 6.45) is -3.61. The van der Waals surface area contributed by atoms with Crippen LogP contribution in [0, 0.1) is 17.8 Å². The van der Waals surface area contributed by atoms with Crippen LogP contribution in [0.4, 0.5) is 0 Å². The lowest BCUT2D eigenvalue weighted by molar-refractivity contribution is -0.160. The van der Waals surface area contributed by atoms with Crippen LogP contribution < -0.4 is 36.6 Å². The highest BCUT2D eigenvalue weighted by molar-refractivity contribution is 6.18. The molecule has 23 heteroatoms. The number of ether oxygens (including phenoxy) is 3. The number of esters is 2. The van der Waals surface area contributed by atoms with Gasteiger partial charge in [-0.25, -0.2) is 4.79 Å². The first kappa shape index (κ1) is 59.9. The van der Waals surface area contributed by atoms with E-state index in [2.05, 4.69) is 31.9 Å². The normalized spacial score (nSPS) is 28.5. The minimum atomic E-state index is -1.98. The van der Waals surface area contributed by atoms with Gasteiger partial charge in [0, 0.05) is 19.5 Å². The van der Waals surface area contributed by atoms with E-state index < -0.39 is 156 Å². The molecule has 74 heavy (non-hydrogen) atoms. The fourth-order valence-electron chi connectivity index (χ4n) is 7.90. The first-order chi connectivity index (χ1) is 34.8. The fraction of sp³-hybridized carbons (Fsp3) is 0.549. The second-order valence-electron chi connectivity index (χ2n) is 19.1. The molecule has 22 nitrogen and oxygen atoms in total. The molecule has 0 aliphatic carbocycles. The van der Waals surface area contributed by atoms with Crippen LogP contribution in [0.3, 0.4) is 0 Å². The van der Waals surface area contributed by atoms with Crippen molar-refractivity contribution < 1.29 is 72.7 Å². The Morgan fingerprint density at radius 3 is 2.05 bits per heavy atom. The van der Waals surface area contributed by atoms with Crippen LogP contribution in [0.1, 0.15) is 79.0 Å².